The summed E-state index contributed by atoms with van der Waals surface area (Å²) in [5.74, 6) is 0.412. The van der Waals surface area contributed by atoms with Gasteiger partial charge in [0.1, 0.15) is 0 Å². The molecule has 6 heteroatoms. The second-order valence-electron chi connectivity index (χ2n) is 3.57. The maximum Gasteiger partial charge on any atom is 0.389 e. The SMILES string of the molecule is FC(F)(F)CCc1ccnc(-c2ccc[nH]2)n1. The van der Waals surface area contributed by atoms with Gasteiger partial charge in [0.2, 0.25) is 0 Å². The Balaban J connectivity index is 2.12. The molecular formula is C11H10F3N3. The summed E-state index contributed by atoms with van der Waals surface area (Å²) in [4.78, 5) is 11.0. The fourth-order valence-electron chi connectivity index (χ4n) is 1.40. The lowest BCUT2D eigenvalue weighted by atomic mass is 10.2. The van der Waals surface area contributed by atoms with Crippen LogP contribution in [0, 0.1) is 0 Å². The Bertz CT molecular complexity index is 477. The first-order valence-electron chi connectivity index (χ1n) is 5.07. The van der Waals surface area contributed by atoms with Crippen molar-refractivity contribution in [3.8, 4) is 11.5 Å². The molecule has 0 unspecified atom stereocenters. The first-order chi connectivity index (χ1) is 8.04. The molecular weight excluding hydrogens is 231 g/mol. The molecule has 0 spiro atoms. The van der Waals surface area contributed by atoms with Gasteiger partial charge in [0, 0.05) is 24.5 Å². The Morgan fingerprint density at radius 2 is 2.06 bits per heavy atom. The van der Waals surface area contributed by atoms with Gasteiger partial charge in [-0.1, -0.05) is 0 Å². The second-order valence-corrected chi connectivity index (χ2v) is 3.57. The standard InChI is InChI=1S/C11H10F3N3/c12-11(13,14)5-3-8-4-7-16-10(17-8)9-2-1-6-15-9/h1-2,4,6-7,15H,3,5H2. The zero-order valence-corrected chi connectivity index (χ0v) is 8.83. The van der Waals surface area contributed by atoms with E-state index in [0.29, 0.717) is 17.2 Å². The van der Waals surface area contributed by atoms with Gasteiger partial charge in [-0.15, -0.1) is 0 Å². The quantitative estimate of drug-likeness (QED) is 0.897. The van der Waals surface area contributed by atoms with E-state index in [1.807, 2.05) is 0 Å². The molecule has 1 N–H and O–H groups in total. The Labute approximate surface area is 95.7 Å². The van der Waals surface area contributed by atoms with Gasteiger partial charge in [-0.05, 0) is 24.6 Å². The molecule has 2 aromatic heterocycles. The van der Waals surface area contributed by atoms with Gasteiger partial charge in [-0.25, -0.2) is 9.97 Å². The van der Waals surface area contributed by atoms with Gasteiger partial charge in [0.25, 0.3) is 0 Å². The first kappa shape index (κ1) is 11.6. The smallest absolute Gasteiger partial charge is 0.359 e. The lowest BCUT2D eigenvalue weighted by molar-refractivity contribution is -0.134. The van der Waals surface area contributed by atoms with Crippen molar-refractivity contribution in [2.24, 2.45) is 0 Å². The summed E-state index contributed by atoms with van der Waals surface area (Å²) in [7, 11) is 0. The summed E-state index contributed by atoms with van der Waals surface area (Å²) in [5, 5.41) is 0. The molecule has 90 valence electrons. The minimum atomic E-state index is -4.16. The normalized spacial score (nSPS) is 11.7. The first-order valence-corrected chi connectivity index (χ1v) is 5.07. The summed E-state index contributed by atoms with van der Waals surface area (Å²) in [6.45, 7) is 0. The van der Waals surface area contributed by atoms with Gasteiger partial charge in [-0.2, -0.15) is 13.2 Å². The average Bonchev–Trinajstić information content (AvgIpc) is 2.79. The van der Waals surface area contributed by atoms with E-state index in [1.165, 1.54) is 12.3 Å². The van der Waals surface area contributed by atoms with Crippen LogP contribution in [0.4, 0.5) is 13.2 Å². The van der Waals surface area contributed by atoms with Crippen LogP contribution in [0.3, 0.4) is 0 Å². The summed E-state index contributed by atoms with van der Waals surface area (Å²) >= 11 is 0. The number of rotatable bonds is 3. The Morgan fingerprint density at radius 3 is 2.71 bits per heavy atom. The van der Waals surface area contributed by atoms with Crippen LogP contribution in [-0.4, -0.2) is 21.1 Å². The molecule has 0 fully saturated rings. The third kappa shape index (κ3) is 3.30. The lowest BCUT2D eigenvalue weighted by Gasteiger charge is -2.06. The lowest BCUT2D eigenvalue weighted by Crippen LogP contribution is -2.09. The van der Waals surface area contributed by atoms with E-state index >= 15 is 0 Å². The number of hydrogen-bond donors (Lipinski definition) is 1. The number of nitrogens with zero attached hydrogens (tertiary/aromatic N) is 2. The Hall–Kier alpha value is -1.85. The van der Waals surface area contributed by atoms with Crippen molar-refractivity contribution >= 4 is 0 Å². The molecule has 2 aromatic rings. The number of halogens is 3. The third-order valence-corrected chi connectivity index (χ3v) is 2.22. The molecule has 0 atom stereocenters. The van der Waals surface area contributed by atoms with E-state index in [-0.39, 0.29) is 6.42 Å². The molecule has 2 rings (SSSR count). The van der Waals surface area contributed by atoms with Crippen molar-refractivity contribution in [3.63, 3.8) is 0 Å². The van der Waals surface area contributed by atoms with Crippen molar-refractivity contribution < 1.29 is 13.2 Å². The Kier molecular flexibility index (Phi) is 3.12. The molecule has 3 nitrogen and oxygen atoms in total. The van der Waals surface area contributed by atoms with Crippen LogP contribution in [0.25, 0.3) is 11.5 Å². The fraction of sp³-hybridized carbons (Fsp3) is 0.273. The highest BCUT2D eigenvalue weighted by Gasteiger charge is 2.26. The molecule has 0 aliphatic heterocycles. The zero-order chi connectivity index (χ0) is 12.3. The summed E-state index contributed by atoms with van der Waals surface area (Å²) < 4.78 is 36.2. The molecule has 0 aromatic carbocycles. The molecule has 0 amide bonds. The van der Waals surface area contributed by atoms with Crippen LogP contribution in [0.2, 0.25) is 0 Å². The summed E-state index contributed by atoms with van der Waals surface area (Å²) in [5.41, 5.74) is 1.08. The van der Waals surface area contributed by atoms with Crippen molar-refractivity contribution in [3.05, 3.63) is 36.3 Å². The van der Waals surface area contributed by atoms with Crippen molar-refractivity contribution in [1.29, 1.82) is 0 Å². The van der Waals surface area contributed by atoms with E-state index in [1.54, 1.807) is 18.3 Å². The van der Waals surface area contributed by atoms with Gasteiger partial charge in [0.05, 0.1) is 5.69 Å². The molecule has 0 saturated carbocycles. The topological polar surface area (TPSA) is 41.6 Å². The number of aryl methyl sites for hydroxylation is 1. The predicted molar refractivity (Wildman–Crippen MR) is 56.2 cm³/mol. The molecule has 0 bridgehead atoms. The number of aromatic amines is 1. The maximum absolute atomic E-state index is 12.1. The van der Waals surface area contributed by atoms with Crippen molar-refractivity contribution in [2.75, 3.05) is 0 Å². The van der Waals surface area contributed by atoms with E-state index in [2.05, 4.69) is 15.0 Å². The third-order valence-electron chi connectivity index (χ3n) is 2.22. The van der Waals surface area contributed by atoms with Crippen LogP contribution in [-0.2, 0) is 6.42 Å². The highest BCUT2D eigenvalue weighted by Crippen LogP contribution is 2.22. The number of aromatic nitrogens is 3. The van der Waals surface area contributed by atoms with Crippen LogP contribution in [0.1, 0.15) is 12.1 Å². The highest BCUT2D eigenvalue weighted by molar-refractivity contribution is 5.48. The summed E-state index contributed by atoms with van der Waals surface area (Å²) in [6.07, 6.45) is -1.97. The van der Waals surface area contributed by atoms with Crippen LogP contribution < -0.4 is 0 Å². The molecule has 0 radical (unpaired) electrons. The van der Waals surface area contributed by atoms with E-state index < -0.39 is 12.6 Å². The van der Waals surface area contributed by atoms with E-state index in [9.17, 15) is 13.2 Å². The van der Waals surface area contributed by atoms with Gasteiger partial charge in [-0.3, -0.25) is 0 Å². The van der Waals surface area contributed by atoms with Crippen LogP contribution >= 0.6 is 0 Å². The second kappa shape index (κ2) is 4.57. The van der Waals surface area contributed by atoms with Gasteiger partial charge < -0.3 is 4.98 Å². The average molecular weight is 241 g/mol. The summed E-state index contributed by atoms with van der Waals surface area (Å²) in [6, 6.07) is 5.04. The highest BCUT2D eigenvalue weighted by atomic mass is 19.4. The minimum absolute atomic E-state index is 0.125. The predicted octanol–water partition coefficient (Wildman–Crippen LogP) is 2.97. The monoisotopic (exact) mass is 241 g/mol. The largest absolute Gasteiger partial charge is 0.389 e. The molecule has 0 aliphatic rings. The van der Waals surface area contributed by atoms with Gasteiger partial charge in [0.15, 0.2) is 5.82 Å². The number of H-pyrrole nitrogens is 1. The maximum atomic E-state index is 12.1. The number of nitrogens with one attached hydrogen (secondary N) is 1. The fourth-order valence-corrected chi connectivity index (χ4v) is 1.40. The van der Waals surface area contributed by atoms with E-state index in [4.69, 9.17) is 0 Å². The van der Waals surface area contributed by atoms with Crippen molar-refractivity contribution in [1.82, 2.24) is 15.0 Å². The zero-order valence-electron chi connectivity index (χ0n) is 8.83. The number of hydrogen-bond acceptors (Lipinski definition) is 2. The van der Waals surface area contributed by atoms with Crippen LogP contribution in [0.5, 0.6) is 0 Å². The Morgan fingerprint density at radius 1 is 1.24 bits per heavy atom. The van der Waals surface area contributed by atoms with E-state index in [0.717, 1.165) is 0 Å². The van der Waals surface area contributed by atoms with Crippen molar-refractivity contribution in [2.45, 2.75) is 19.0 Å². The molecule has 0 saturated heterocycles. The number of alkyl halides is 3. The van der Waals surface area contributed by atoms with Crippen LogP contribution in [0.15, 0.2) is 30.6 Å². The molecule has 17 heavy (non-hydrogen) atoms. The van der Waals surface area contributed by atoms with Gasteiger partial charge >= 0.3 is 6.18 Å². The minimum Gasteiger partial charge on any atom is -0.359 e. The molecule has 2 heterocycles. The molecule has 0 aliphatic carbocycles.